The number of alkyl halides is 3. The van der Waals surface area contributed by atoms with Crippen molar-refractivity contribution in [1.29, 1.82) is 0 Å². The van der Waals surface area contributed by atoms with E-state index in [1.807, 2.05) is 0 Å². The van der Waals surface area contributed by atoms with Gasteiger partial charge in [0.05, 0.1) is 6.61 Å². The molecule has 0 atom stereocenters. The van der Waals surface area contributed by atoms with E-state index in [1.54, 1.807) is 0 Å². The molecule has 1 amide bonds. The fourth-order valence-electron chi connectivity index (χ4n) is 1.61. The lowest BCUT2D eigenvalue weighted by Gasteiger charge is -2.08. The Morgan fingerprint density at radius 3 is 2.36 bits per heavy atom. The molecule has 122 valence electrons. The Labute approximate surface area is 125 Å². The summed E-state index contributed by atoms with van der Waals surface area (Å²) in [6, 6.07) is 5.83. The van der Waals surface area contributed by atoms with E-state index in [2.05, 4.69) is 5.32 Å². The zero-order valence-electron chi connectivity index (χ0n) is 11.7. The van der Waals surface area contributed by atoms with Gasteiger partial charge in [-0.3, -0.25) is 4.79 Å². The molecule has 0 aliphatic carbocycles. The quantitative estimate of drug-likeness (QED) is 0.719. The van der Waals surface area contributed by atoms with Crippen molar-refractivity contribution in [3.05, 3.63) is 35.4 Å². The molecule has 0 spiro atoms. The Morgan fingerprint density at radius 2 is 1.82 bits per heavy atom. The van der Waals surface area contributed by atoms with E-state index < -0.39 is 31.1 Å². The van der Waals surface area contributed by atoms with E-state index in [9.17, 15) is 22.8 Å². The smallest absolute Gasteiger partial charge is 0.389 e. The molecule has 0 heterocycles. The van der Waals surface area contributed by atoms with Crippen molar-refractivity contribution in [3.63, 3.8) is 0 Å². The Kier molecular flexibility index (Phi) is 6.84. The van der Waals surface area contributed by atoms with Crippen LogP contribution in [-0.4, -0.2) is 42.9 Å². The second kappa shape index (κ2) is 8.38. The van der Waals surface area contributed by atoms with Gasteiger partial charge in [0.25, 0.3) is 5.91 Å². The van der Waals surface area contributed by atoms with E-state index in [4.69, 9.17) is 9.84 Å². The monoisotopic (exact) mass is 319 g/mol. The first-order valence-corrected chi connectivity index (χ1v) is 6.51. The molecular weight excluding hydrogens is 303 g/mol. The van der Waals surface area contributed by atoms with Crippen molar-refractivity contribution >= 4 is 11.9 Å². The highest BCUT2D eigenvalue weighted by atomic mass is 19.4. The average molecular weight is 319 g/mol. The molecule has 5 nitrogen and oxygen atoms in total. The van der Waals surface area contributed by atoms with Gasteiger partial charge in [-0.2, -0.15) is 13.2 Å². The first kappa shape index (κ1) is 18.0. The summed E-state index contributed by atoms with van der Waals surface area (Å²) in [5.74, 6) is -1.50. The van der Waals surface area contributed by atoms with Gasteiger partial charge in [0.1, 0.15) is 6.61 Å². The highest BCUT2D eigenvalue weighted by Gasteiger charge is 2.26. The van der Waals surface area contributed by atoms with Crippen LogP contribution >= 0.6 is 0 Å². The van der Waals surface area contributed by atoms with Gasteiger partial charge in [0, 0.05) is 18.5 Å². The van der Waals surface area contributed by atoms with Gasteiger partial charge >= 0.3 is 12.1 Å². The number of aryl methyl sites for hydroxylation is 1. The van der Waals surface area contributed by atoms with Crippen LogP contribution in [0.1, 0.15) is 22.3 Å². The zero-order chi connectivity index (χ0) is 16.6. The normalized spacial score (nSPS) is 11.2. The first-order chi connectivity index (χ1) is 10.3. The van der Waals surface area contributed by atoms with Crippen LogP contribution in [0.4, 0.5) is 13.2 Å². The molecule has 0 radical (unpaired) electrons. The van der Waals surface area contributed by atoms with Gasteiger partial charge in [-0.25, -0.2) is 4.79 Å². The number of hydrogen-bond donors (Lipinski definition) is 2. The third-order valence-corrected chi connectivity index (χ3v) is 2.67. The number of rotatable bonds is 8. The molecule has 0 aromatic heterocycles. The minimum absolute atomic E-state index is 0.0572. The van der Waals surface area contributed by atoms with Crippen LogP contribution in [0.25, 0.3) is 0 Å². The standard InChI is InChI=1S/C14H16F3NO4/c15-14(16,17)6-5-10-1-3-11(4-2-10)13(21)18-7-8-22-9-12(19)20/h1-4H,5-9H2,(H,18,21)(H,19,20). The average Bonchev–Trinajstić information content (AvgIpc) is 2.44. The van der Waals surface area contributed by atoms with Gasteiger partial charge in [-0.05, 0) is 24.1 Å². The minimum Gasteiger partial charge on any atom is -0.480 e. The lowest BCUT2D eigenvalue weighted by molar-refractivity contribution is -0.142. The fourth-order valence-corrected chi connectivity index (χ4v) is 1.61. The first-order valence-electron chi connectivity index (χ1n) is 6.51. The van der Waals surface area contributed by atoms with Gasteiger partial charge in [-0.15, -0.1) is 0 Å². The van der Waals surface area contributed by atoms with Crippen molar-refractivity contribution in [2.24, 2.45) is 0 Å². The van der Waals surface area contributed by atoms with E-state index in [1.165, 1.54) is 24.3 Å². The van der Waals surface area contributed by atoms with E-state index in [-0.39, 0.29) is 19.6 Å². The molecule has 0 fully saturated rings. The predicted molar refractivity (Wildman–Crippen MR) is 71.6 cm³/mol. The molecule has 2 N–H and O–H groups in total. The largest absolute Gasteiger partial charge is 0.480 e. The van der Waals surface area contributed by atoms with Gasteiger partial charge < -0.3 is 15.2 Å². The number of hydrogen-bond acceptors (Lipinski definition) is 3. The van der Waals surface area contributed by atoms with E-state index in [0.29, 0.717) is 11.1 Å². The SMILES string of the molecule is O=C(O)COCCNC(=O)c1ccc(CCC(F)(F)F)cc1. The van der Waals surface area contributed by atoms with Gasteiger partial charge in [0.2, 0.25) is 0 Å². The molecule has 22 heavy (non-hydrogen) atoms. The van der Waals surface area contributed by atoms with Crippen LogP contribution < -0.4 is 5.32 Å². The number of carboxylic acids is 1. The molecule has 0 aliphatic rings. The zero-order valence-corrected chi connectivity index (χ0v) is 11.7. The number of halogens is 3. The van der Waals surface area contributed by atoms with Crippen LogP contribution in [0.5, 0.6) is 0 Å². The molecule has 0 bridgehead atoms. The highest BCUT2D eigenvalue weighted by molar-refractivity contribution is 5.94. The van der Waals surface area contributed by atoms with Crippen molar-refractivity contribution in [1.82, 2.24) is 5.32 Å². The topological polar surface area (TPSA) is 75.6 Å². The maximum atomic E-state index is 12.1. The van der Waals surface area contributed by atoms with Crippen molar-refractivity contribution < 1.29 is 32.6 Å². The van der Waals surface area contributed by atoms with Crippen LogP contribution in [-0.2, 0) is 16.0 Å². The third kappa shape index (κ3) is 7.63. The molecule has 0 saturated heterocycles. The highest BCUT2D eigenvalue weighted by Crippen LogP contribution is 2.22. The third-order valence-electron chi connectivity index (χ3n) is 2.67. The molecule has 0 aliphatic heterocycles. The fraction of sp³-hybridized carbons (Fsp3) is 0.429. The Hall–Kier alpha value is -2.09. The number of aliphatic carboxylic acids is 1. The summed E-state index contributed by atoms with van der Waals surface area (Å²) in [5.41, 5.74) is 0.813. The number of ether oxygens (including phenoxy) is 1. The molecule has 1 aromatic carbocycles. The number of carbonyl (C=O) groups excluding carboxylic acids is 1. The molecule has 1 aromatic rings. The Balaban J connectivity index is 2.36. The van der Waals surface area contributed by atoms with E-state index >= 15 is 0 Å². The minimum atomic E-state index is -4.20. The number of carboxylic acid groups (broad SMARTS) is 1. The number of carbonyl (C=O) groups is 2. The van der Waals surface area contributed by atoms with Crippen LogP contribution in [0, 0.1) is 0 Å². The molecule has 1 rings (SSSR count). The van der Waals surface area contributed by atoms with Crippen molar-refractivity contribution in [3.8, 4) is 0 Å². The summed E-state index contributed by atoms with van der Waals surface area (Å²) in [5, 5.41) is 10.8. The maximum absolute atomic E-state index is 12.1. The summed E-state index contributed by atoms with van der Waals surface area (Å²) in [6.45, 7) is -0.243. The van der Waals surface area contributed by atoms with Gasteiger partial charge in [0.15, 0.2) is 0 Å². The summed E-state index contributed by atoms with van der Waals surface area (Å²) < 4.78 is 41.0. The lowest BCUT2D eigenvalue weighted by Crippen LogP contribution is -2.27. The summed E-state index contributed by atoms with van der Waals surface area (Å²) >= 11 is 0. The van der Waals surface area contributed by atoms with Crippen LogP contribution in [0.15, 0.2) is 24.3 Å². The van der Waals surface area contributed by atoms with Crippen LogP contribution in [0.3, 0.4) is 0 Å². The number of amides is 1. The van der Waals surface area contributed by atoms with Gasteiger partial charge in [-0.1, -0.05) is 12.1 Å². The summed E-state index contributed by atoms with van der Waals surface area (Å²) in [6.07, 6.45) is -5.24. The number of benzene rings is 1. The molecule has 8 heteroatoms. The predicted octanol–water partition coefficient (Wildman–Crippen LogP) is 2.01. The second-order valence-corrected chi connectivity index (χ2v) is 4.51. The van der Waals surface area contributed by atoms with Crippen molar-refractivity contribution in [2.75, 3.05) is 19.8 Å². The maximum Gasteiger partial charge on any atom is 0.389 e. The lowest BCUT2D eigenvalue weighted by atomic mass is 10.1. The van der Waals surface area contributed by atoms with Crippen LogP contribution in [0.2, 0.25) is 0 Å². The summed E-state index contributed by atoms with van der Waals surface area (Å²) in [7, 11) is 0. The molecule has 0 unspecified atom stereocenters. The molecule has 0 saturated carbocycles. The second-order valence-electron chi connectivity index (χ2n) is 4.51. The van der Waals surface area contributed by atoms with E-state index in [0.717, 1.165) is 0 Å². The summed E-state index contributed by atoms with van der Waals surface area (Å²) in [4.78, 5) is 21.9. The molecular formula is C14H16F3NO4. The Morgan fingerprint density at radius 1 is 1.18 bits per heavy atom. The Bertz CT molecular complexity index is 500. The number of nitrogens with one attached hydrogen (secondary N) is 1. The van der Waals surface area contributed by atoms with Crippen molar-refractivity contribution in [2.45, 2.75) is 19.0 Å².